The van der Waals surface area contributed by atoms with Crippen molar-refractivity contribution in [2.24, 2.45) is 0 Å². The molecule has 0 spiro atoms. The monoisotopic (exact) mass is 749 g/mol. The molecule has 0 aromatic rings. The number of carbonyl (C=O) groups is 1. The zero-order valence-electron chi connectivity index (χ0n) is 33.1. The maximum Gasteiger partial charge on any atom is 0.472 e. The average Bonchev–Trinajstić information content (AvgIpc) is 3.12. The number of rotatable bonds is 41. The molecule has 0 aromatic carbocycles. The van der Waals surface area contributed by atoms with Gasteiger partial charge in [-0.25, -0.2) is 4.57 Å². The number of aliphatic hydroxyl groups excluding tert-OH is 2. The van der Waals surface area contributed by atoms with Gasteiger partial charge in [-0.1, -0.05) is 167 Å². The normalized spacial score (nSPS) is 14.2. The second kappa shape index (κ2) is 38.9. The van der Waals surface area contributed by atoms with Gasteiger partial charge in [0, 0.05) is 13.0 Å². The summed E-state index contributed by atoms with van der Waals surface area (Å²) in [7, 11) is -4.51. The van der Waals surface area contributed by atoms with E-state index < -0.39 is 33.2 Å². The van der Waals surface area contributed by atoms with Gasteiger partial charge in [0.1, 0.15) is 12.2 Å². The van der Waals surface area contributed by atoms with Gasteiger partial charge in [0.05, 0.1) is 26.4 Å². The summed E-state index contributed by atoms with van der Waals surface area (Å²) >= 11 is 0. The minimum Gasteiger partial charge on any atom is -0.457 e. The van der Waals surface area contributed by atoms with Gasteiger partial charge < -0.3 is 24.6 Å². The Kier molecular flexibility index (Phi) is 38.3. The third kappa shape index (κ3) is 38.7. The summed E-state index contributed by atoms with van der Waals surface area (Å²) in [5.41, 5.74) is 0. The standard InChI is InChI=1S/C41H81O9P/c1-3-5-7-9-11-13-15-17-18-19-20-21-22-24-26-28-30-32-34-47-37-40(38-49-51(45,46)48-36-39(43)35-42)50-41(44)33-31-29-27-25-23-16-14-12-10-8-6-4-2/h12,14,39-40,42-43H,3-11,13,15-38H2,1-2H3,(H,45,46)/b14-12-. The fourth-order valence-corrected chi connectivity index (χ4v) is 6.73. The smallest absolute Gasteiger partial charge is 0.457 e. The van der Waals surface area contributed by atoms with Crippen molar-refractivity contribution >= 4 is 13.8 Å². The number of hydrogen-bond donors (Lipinski definition) is 3. The lowest BCUT2D eigenvalue weighted by Crippen LogP contribution is -2.29. The summed E-state index contributed by atoms with van der Waals surface area (Å²) in [5.74, 6) is -0.389. The van der Waals surface area contributed by atoms with E-state index in [9.17, 15) is 19.4 Å². The van der Waals surface area contributed by atoms with Gasteiger partial charge in [0.2, 0.25) is 0 Å². The predicted octanol–water partition coefficient (Wildman–Crippen LogP) is 11.3. The molecule has 0 heterocycles. The first-order valence-electron chi connectivity index (χ1n) is 21.2. The summed E-state index contributed by atoms with van der Waals surface area (Å²) in [4.78, 5) is 22.5. The highest BCUT2D eigenvalue weighted by molar-refractivity contribution is 7.47. The summed E-state index contributed by atoms with van der Waals surface area (Å²) in [5, 5.41) is 18.3. The Bertz CT molecular complexity index is 810. The number of esters is 1. The van der Waals surface area contributed by atoms with E-state index in [1.807, 2.05) is 0 Å². The van der Waals surface area contributed by atoms with Crippen LogP contribution in [0.1, 0.15) is 200 Å². The molecule has 51 heavy (non-hydrogen) atoms. The van der Waals surface area contributed by atoms with Crippen LogP contribution in [0.15, 0.2) is 12.2 Å². The Morgan fingerprint density at radius 2 is 1.00 bits per heavy atom. The van der Waals surface area contributed by atoms with Crippen LogP contribution in [0.5, 0.6) is 0 Å². The van der Waals surface area contributed by atoms with Crippen LogP contribution in [0.3, 0.4) is 0 Å². The lowest BCUT2D eigenvalue weighted by atomic mass is 10.0. The highest BCUT2D eigenvalue weighted by Crippen LogP contribution is 2.43. The van der Waals surface area contributed by atoms with Gasteiger partial charge in [-0.2, -0.15) is 0 Å². The topological polar surface area (TPSA) is 132 Å². The number of allylic oxidation sites excluding steroid dienone is 2. The summed E-state index contributed by atoms with van der Waals surface area (Å²) in [6.07, 6.45) is 37.4. The van der Waals surface area contributed by atoms with Crippen LogP contribution >= 0.6 is 7.82 Å². The molecule has 0 saturated heterocycles. The molecule has 10 heteroatoms. The largest absolute Gasteiger partial charge is 0.472 e. The van der Waals surface area contributed by atoms with Crippen molar-refractivity contribution < 1.29 is 43.0 Å². The van der Waals surface area contributed by atoms with Gasteiger partial charge in [-0.3, -0.25) is 13.8 Å². The van der Waals surface area contributed by atoms with E-state index in [1.165, 1.54) is 128 Å². The van der Waals surface area contributed by atoms with Crippen LogP contribution in [0, 0.1) is 0 Å². The minimum absolute atomic E-state index is 0.0515. The molecule has 0 aliphatic rings. The van der Waals surface area contributed by atoms with E-state index in [4.69, 9.17) is 23.6 Å². The van der Waals surface area contributed by atoms with Crippen molar-refractivity contribution in [2.45, 2.75) is 212 Å². The Hall–Kier alpha value is -0.800. The molecule has 3 atom stereocenters. The lowest BCUT2D eigenvalue weighted by molar-refractivity contribution is -0.154. The van der Waals surface area contributed by atoms with Crippen molar-refractivity contribution in [3.8, 4) is 0 Å². The number of hydrogen-bond acceptors (Lipinski definition) is 8. The molecule has 304 valence electrons. The van der Waals surface area contributed by atoms with Crippen LogP contribution in [-0.2, 0) is 27.9 Å². The Labute approximate surface area is 313 Å². The van der Waals surface area contributed by atoms with Gasteiger partial charge in [-0.15, -0.1) is 0 Å². The third-order valence-corrected chi connectivity index (χ3v) is 10.2. The Balaban J connectivity index is 4.12. The number of unbranched alkanes of at least 4 members (excludes halogenated alkanes) is 25. The molecule has 0 radical (unpaired) electrons. The maximum atomic E-state index is 12.6. The molecular formula is C41H81O9P. The van der Waals surface area contributed by atoms with Crippen LogP contribution in [-0.4, -0.2) is 66.3 Å². The fourth-order valence-electron chi connectivity index (χ4n) is 5.94. The van der Waals surface area contributed by atoms with Crippen LogP contribution < -0.4 is 0 Å². The Morgan fingerprint density at radius 1 is 0.588 bits per heavy atom. The van der Waals surface area contributed by atoms with Crippen molar-refractivity contribution in [3.63, 3.8) is 0 Å². The second-order valence-corrected chi connectivity index (χ2v) is 15.8. The van der Waals surface area contributed by atoms with E-state index in [0.29, 0.717) is 6.61 Å². The zero-order valence-corrected chi connectivity index (χ0v) is 34.0. The first-order valence-corrected chi connectivity index (χ1v) is 22.7. The number of ether oxygens (including phenoxy) is 2. The van der Waals surface area contributed by atoms with Crippen LogP contribution in [0.25, 0.3) is 0 Å². The summed E-state index contributed by atoms with van der Waals surface area (Å²) in [6, 6.07) is 0. The SMILES string of the molecule is CCCCC/C=C\CCCCCCCC(=O)OC(COCCCCCCCCCCCCCCCCCCCC)COP(=O)(O)OCC(O)CO. The first kappa shape index (κ1) is 50.2. The third-order valence-electron chi connectivity index (χ3n) is 9.20. The molecule has 9 nitrogen and oxygen atoms in total. The van der Waals surface area contributed by atoms with Gasteiger partial charge in [-0.05, 0) is 38.5 Å². The molecule has 3 unspecified atom stereocenters. The molecule has 3 N–H and O–H groups in total. The first-order chi connectivity index (χ1) is 24.8. The summed E-state index contributed by atoms with van der Waals surface area (Å²) < 4.78 is 33.3. The van der Waals surface area contributed by atoms with Gasteiger partial charge in [0.25, 0.3) is 0 Å². The van der Waals surface area contributed by atoms with E-state index in [1.54, 1.807) is 0 Å². The number of carbonyl (C=O) groups excluding carboxylic acids is 1. The highest BCUT2D eigenvalue weighted by atomic mass is 31.2. The molecule has 0 amide bonds. The minimum atomic E-state index is -4.51. The molecule has 0 rings (SSSR count). The molecule has 0 aliphatic heterocycles. The fraction of sp³-hybridized carbons (Fsp3) is 0.927. The quantitative estimate of drug-likeness (QED) is 0.0242. The van der Waals surface area contributed by atoms with Crippen molar-refractivity contribution in [1.29, 1.82) is 0 Å². The van der Waals surface area contributed by atoms with E-state index in [0.717, 1.165) is 51.4 Å². The molecule has 0 saturated carbocycles. The molecule has 0 aromatic heterocycles. The number of phosphoric ester groups is 1. The van der Waals surface area contributed by atoms with Crippen molar-refractivity contribution in [3.05, 3.63) is 12.2 Å². The maximum absolute atomic E-state index is 12.6. The van der Waals surface area contributed by atoms with Crippen molar-refractivity contribution in [1.82, 2.24) is 0 Å². The number of aliphatic hydroxyl groups is 2. The number of phosphoric acid groups is 1. The average molecular weight is 749 g/mol. The van der Waals surface area contributed by atoms with E-state index >= 15 is 0 Å². The lowest BCUT2D eigenvalue weighted by Gasteiger charge is -2.20. The van der Waals surface area contributed by atoms with Crippen molar-refractivity contribution in [2.75, 3.05) is 33.0 Å². The molecule has 0 fully saturated rings. The van der Waals surface area contributed by atoms with Gasteiger partial charge >= 0.3 is 13.8 Å². The van der Waals surface area contributed by atoms with E-state index in [2.05, 4.69) is 26.0 Å². The van der Waals surface area contributed by atoms with Crippen LogP contribution in [0.4, 0.5) is 0 Å². The second-order valence-electron chi connectivity index (χ2n) is 14.4. The van der Waals surface area contributed by atoms with Crippen LogP contribution in [0.2, 0.25) is 0 Å². The van der Waals surface area contributed by atoms with E-state index in [-0.39, 0.29) is 25.6 Å². The molecule has 0 aliphatic carbocycles. The van der Waals surface area contributed by atoms with Gasteiger partial charge in [0.15, 0.2) is 0 Å². The predicted molar refractivity (Wildman–Crippen MR) is 210 cm³/mol. The summed E-state index contributed by atoms with van der Waals surface area (Å²) in [6.45, 7) is 3.51. The molecule has 0 bridgehead atoms. The highest BCUT2D eigenvalue weighted by Gasteiger charge is 2.26. The molecular weight excluding hydrogens is 667 g/mol. The Morgan fingerprint density at radius 3 is 1.51 bits per heavy atom. The zero-order chi connectivity index (χ0) is 37.5.